The van der Waals surface area contributed by atoms with E-state index < -0.39 is 0 Å². The number of aromatic nitrogens is 1. The van der Waals surface area contributed by atoms with E-state index in [0.717, 1.165) is 44.1 Å². The van der Waals surface area contributed by atoms with E-state index in [4.69, 9.17) is 4.42 Å². The van der Waals surface area contributed by atoms with Crippen LogP contribution in [0.3, 0.4) is 0 Å². The predicted molar refractivity (Wildman–Crippen MR) is 222 cm³/mol. The predicted octanol–water partition coefficient (Wildman–Crippen LogP) is 14.2. The molecule has 250 valence electrons. The van der Waals surface area contributed by atoms with Gasteiger partial charge < -0.3 is 9.40 Å². The van der Waals surface area contributed by atoms with Gasteiger partial charge in [-0.25, -0.2) is 0 Å². The molecular weight excluding hydrogens is 643 g/mol. The molecule has 53 heavy (non-hydrogen) atoms. The van der Waals surface area contributed by atoms with Crippen molar-refractivity contribution in [3.05, 3.63) is 181 Å². The van der Waals surface area contributed by atoms with Crippen molar-refractivity contribution in [2.75, 3.05) is 0 Å². The van der Waals surface area contributed by atoms with E-state index in [-0.39, 0.29) is 5.41 Å². The molecule has 8 aromatic carbocycles. The molecule has 0 unspecified atom stereocenters. The zero-order chi connectivity index (χ0) is 35.3. The number of hydrogen-bond acceptors (Lipinski definition) is 1. The third kappa shape index (κ3) is 4.52. The van der Waals surface area contributed by atoms with Crippen molar-refractivity contribution in [2.24, 2.45) is 0 Å². The lowest BCUT2D eigenvalue weighted by atomic mass is 9.82. The summed E-state index contributed by atoms with van der Waals surface area (Å²) in [5, 5.41) is 4.71. The number of para-hydroxylation sites is 3. The Bertz CT molecular complexity index is 3100. The molecule has 1 N–H and O–H groups in total. The number of aromatic amines is 1. The largest absolute Gasteiger partial charge is 0.455 e. The van der Waals surface area contributed by atoms with Crippen LogP contribution in [0.2, 0.25) is 0 Å². The van der Waals surface area contributed by atoms with E-state index in [1.54, 1.807) is 0 Å². The summed E-state index contributed by atoms with van der Waals surface area (Å²) in [5.74, 6) is 0. The molecule has 0 saturated carbocycles. The molecule has 1 aliphatic rings. The summed E-state index contributed by atoms with van der Waals surface area (Å²) in [6, 6.07) is 61.9. The number of H-pyrrole nitrogens is 1. The Kier molecular flexibility index (Phi) is 6.33. The second-order valence-corrected chi connectivity index (χ2v) is 15.0. The monoisotopic (exact) mass is 677 g/mol. The Hall–Kier alpha value is -6.64. The van der Waals surface area contributed by atoms with E-state index >= 15 is 0 Å². The summed E-state index contributed by atoms with van der Waals surface area (Å²) >= 11 is 0. The van der Waals surface area contributed by atoms with Gasteiger partial charge in [0.2, 0.25) is 0 Å². The average Bonchev–Trinajstić information content (AvgIpc) is 3.85. The van der Waals surface area contributed by atoms with Gasteiger partial charge >= 0.3 is 0 Å². The maximum absolute atomic E-state index is 6.41. The van der Waals surface area contributed by atoms with Crippen LogP contribution < -0.4 is 0 Å². The van der Waals surface area contributed by atoms with Gasteiger partial charge in [0, 0.05) is 43.6 Å². The van der Waals surface area contributed by atoms with E-state index in [0.29, 0.717) is 0 Å². The molecule has 0 aliphatic heterocycles. The maximum atomic E-state index is 6.41. The van der Waals surface area contributed by atoms with Crippen LogP contribution in [-0.2, 0) is 5.41 Å². The van der Waals surface area contributed by atoms with Crippen molar-refractivity contribution in [3.8, 4) is 55.6 Å². The highest BCUT2D eigenvalue weighted by Crippen LogP contribution is 2.49. The first kappa shape index (κ1) is 30.0. The zero-order valence-electron chi connectivity index (χ0n) is 29.6. The lowest BCUT2D eigenvalue weighted by molar-refractivity contribution is 0.660. The first-order chi connectivity index (χ1) is 26.0. The number of nitrogens with one attached hydrogen (secondary N) is 1. The summed E-state index contributed by atoms with van der Waals surface area (Å²) < 4.78 is 6.41. The number of benzene rings is 8. The highest BCUT2D eigenvalue weighted by Gasteiger charge is 2.35. The minimum atomic E-state index is 0.00693. The van der Waals surface area contributed by atoms with Crippen LogP contribution in [0, 0.1) is 0 Å². The molecule has 0 radical (unpaired) electrons. The fourth-order valence-corrected chi connectivity index (χ4v) is 8.95. The SMILES string of the molecule is CC1(C)c2ccccc2-c2cc(-c3cccc(-c4cccc(-c5cccc6c5[nH]c5ccc(-c7cccc8c7oc7ccccc78)cc56)c4)c3)ccc21. The molecule has 0 saturated heterocycles. The maximum Gasteiger partial charge on any atom is 0.143 e. The quantitative estimate of drug-likeness (QED) is 0.197. The van der Waals surface area contributed by atoms with Gasteiger partial charge in [-0.05, 0) is 92.0 Å². The van der Waals surface area contributed by atoms with Crippen molar-refractivity contribution in [1.82, 2.24) is 4.98 Å². The second kappa shape index (κ2) is 11.2. The first-order valence-corrected chi connectivity index (χ1v) is 18.4. The Morgan fingerprint density at radius 3 is 1.83 bits per heavy atom. The van der Waals surface area contributed by atoms with Crippen molar-refractivity contribution in [1.29, 1.82) is 0 Å². The molecule has 2 heterocycles. The minimum Gasteiger partial charge on any atom is -0.455 e. The number of rotatable bonds is 4. The summed E-state index contributed by atoms with van der Waals surface area (Å²) in [7, 11) is 0. The second-order valence-electron chi connectivity index (χ2n) is 15.0. The molecule has 2 nitrogen and oxygen atoms in total. The van der Waals surface area contributed by atoms with E-state index in [1.807, 2.05) is 12.1 Å². The Morgan fingerprint density at radius 2 is 0.981 bits per heavy atom. The van der Waals surface area contributed by atoms with Crippen LogP contribution in [0.1, 0.15) is 25.0 Å². The number of fused-ring (bicyclic) bond motifs is 9. The highest BCUT2D eigenvalue weighted by molar-refractivity contribution is 6.14. The smallest absolute Gasteiger partial charge is 0.143 e. The first-order valence-electron chi connectivity index (χ1n) is 18.4. The van der Waals surface area contributed by atoms with Crippen molar-refractivity contribution in [2.45, 2.75) is 19.3 Å². The highest BCUT2D eigenvalue weighted by atomic mass is 16.3. The van der Waals surface area contributed by atoms with Gasteiger partial charge in [0.05, 0.1) is 5.52 Å². The summed E-state index contributed by atoms with van der Waals surface area (Å²) in [6.07, 6.45) is 0. The van der Waals surface area contributed by atoms with Crippen LogP contribution in [0.15, 0.2) is 174 Å². The van der Waals surface area contributed by atoms with Crippen molar-refractivity contribution >= 4 is 43.7 Å². The third-order valence-corrected chi connectivity index (χ3v) is 11.6. The standard InChI is InChI=1S/C51H35NO/c1-51(2)45-21-5-3-15-39(45)43-29-34(23-25-46(43)51)32-12-7-11-31(27-32)33-13-8-14-35(28-33)37-17-9-19-41-44-30-36(24-26-47(44)52-49(37)41)38-18-10-20-42-40-16-4-6-22-48(40)53-50(38)42/h3-30,52H,1-2H3. The lowest BCUT2D eigenvalue weighted by Gasteiger charge is -2.21. The molecule has 0 spiro atoms. The fraction of sp³-hybridized carbons (Fsp3) is 0.0588. The number of hydrogen-bond donors (Lipinski definition) is 1. The third-order valence-electron chi connectivity index (χ3n) is 11.6. The topological polar surface area (TPSA) is 28.9 Å². The number of furan rings is 1. The van der Waals surface area contributed by atoms with Crippen LogP contribution in [0.4, 0.5) is 0 Å². The summed E-state index contributed by atoms with van der Waals surface area (Å²) in [6.45, 7) is 4.67. The molecule has 10 aromatic rings. The van der Waals surface area contributed by atoms with Gasteiger partial charge in [0.1, 0.15) is 11.2 Å². The zero-order valence-corrected chi connectivity index (χ0v) is 29.6. The Morgan fingerprint density at radius 1 is 0.396 bits per heavy atom. The van der Waals surface area contributed by atoms with E-state index in [9.17, 15) is 0 Å². The normalized spacial score (nSPS) is 13.2. The Labute approximate surface area is 308 Å². The van der Waals surface area contributed by atoms with E-state index in [2.05, 4.69) is 177 Å². The molecular formula is C51H35NO. The molecule has 1 aliphatic carbocycles. The van der Waals surface area contributed by atoms with Crippen LogP contribution >= 0.6 is 0 Å². The van der Waals surface area contributed by atoms with Gasteiger partial charge in [-0.15, -0.1) is 0 Å². The van der Waals surface area contributed by atoms with Gasteiger partial charge in [-0.2, -0.15) is 0 Å². The van der Waals surface area contributed by atoms with Gasteiger partial charge in [0.15, 0.2) is 0 Å². The minimum absolute atomic E-state index is 0.00693. The molecule has 0 bridgehead atoms. The molecule has 0 fully saturated rings. The lowest BCUT2D eigenvalue weighted by Crippen LogP contribution is -2.14. The molecule has 0 amide bonds. The molecule has 2 aromatic heterocycles. The van der Waals surface area contributed by atoms with Crippen LogP contribution in [0.25, 0.3) is 99.4 Å². The molecule has 2 heteroatoms. The van der Waals surface area contributed by atoms with Crippen LogP contribution in [0.5, 0.6) is 0 Å². The van der Waals surface area contributed by atoms with Gasteiger partial charge in [0.25, 0.3) is 0 Å². The fourth-order valence-electron chi connectivity index (χ4n) is 8.95. The van der Waals surface area contributed by atoms with Gasteiger partial charge in [-0.3, -0.25) is 0 Å². The average molecular weight is 678 g/mol. The van der Waals surface area contributed by atoms with Crippen molar-refractivity contribution < 1.29 is 4.42 Å². The molecule has 11 rings (SSSR count). The molecule has 0 atom stereocenters. The van der Waals surface area contributed by atoms with Crippen LogP contribution in [-0.4, -0.2) is 4.98 Å². The van der Waals surface area contributed by atoms with E-state index in [1.165, 1.54) is 66.4 Å². The Balaban J connectivity index is 0.973. The van der Waals surface area contributed by atoms with Crippen molar-refractivity contribution in [3.63, 3.8) is 0 Å². The summed E-state index contributed by atoms with van der Waals surface area (Å²) in [4.78, 5) is 3.78. The summed E-state index contributed by atoms with van der Waals surface area (Å²) in [5.41, 5.74) is 19.1. The van der Waals surface area contributed by atoms with Gasteiger partial charge in [-0.1, -0.05) is 147 Å².